The second-order valence-electron chi connectivity index (χ2n) is 9.44. The van der Waals surface area contributed by atoms with Gasteiger partial charge < -0.3 is 30.6 Å². The minimum absolute atomic E-state index is 0.0652. The average molecular weight is 366 g/mol. The molecule has 0 aromatic rings. The molecule has 0 unspecified atom stereocenters. The summed E-state index contributed by atoms with van der Waals surface area (Å²) in [7, 11) is 0. The van der Waals surface area contributed by atoms with Crippen molar-refractivity contribution in [2.24, 2.45) is 29.1 Å². The van der Waals surface area contributed by atoms with E-state index in [-0.39, 0.29) is 31.5 Å². The average Bonchev–Trinajstić information content (AvgIpc) is 3.02. The second kappa shape index (κ2) is 5.19. The van der Waals surface area contributed by atoms with Crippen LogP contribution < -0.4 is 0 Å². The molecule has 4 aliphatic rings. The van der Waals surface area contributed by atoms with Crippen LogP contribution in [-0.2, 0) is 0 Å². The van der Waals surface area contributed by atoms with E-state index in [1.807, 2.05) is 13.8 Å². The van der Waals surface area contributed by atoms with Crippen LogP contribution in [0.3, 0.4) is 0 Å². The highest BCUT2D eigenvalue weighted by Gasteiger charge is 2.82. The Kier molecular flexibility index (Phi) is 3.71. The third-order valence-corrected chi connectivity index (χ3v) is 8.23. The Hall–Kier alpha value is -0.760. The van der Waals surface area contributed by atoms with Gasteiger partial charge in [-0.15, -0.1) is 0 Å². The molecule has 0 aromatic carbocycles. The van der Waals surface area contributed by atoms with Crippen LogP contribution >= 0.6 is 0 Å². The highest BCUT2D eigenvalue weighted by atomic mass is 16.4. The van der Waals surface area contributed by atoms with E-state index in [2.05, 4.69) is 0 Å². The monoisotopic (exact) mass is 366 g/mol. The van der Waals surface area contributed by atoms with Gasteiger partial charge in [0.15, 0.2) is 0 Å². The summed E-state index contributed by atoms with van der Waals surface area (Å²) in [6.45, 7) is 4.93. The lowest BCUT2D eigenvalue weighted by molar-refractivity contribution is -0.189. The summed E-state index contributed by atoms with van der Waals surface area (Å²) in [4.78, 5) is 0. The van der Waals surface area contributed by atoms with E-state index < -0.39 is 40.2 Å². The molecule has 26 heavy (non-hydrogen) atoms. The third-order valence-electron chi connectivity index (χ3n) is 8.23. The Morgan fingerprint density at radius 3 is 2.38 bits per heavy atom. The summed E-state index contributed by atoms with van der Waals surface area (Å²) in [5.41, 5.74) is -3.62. The van der Waals surface area contributed by atoms with Crippen molar-refractivity contribution in [2.75, 3.05) is 13.2 Å². The highest BCUT2D eigenvalue weighted by Crippen LogP contribution is 2.75. The predicted octanol–water partition coefficient (Wildman–Crippen LogP) is -0.277. The maximum absolute atomic E-state index is 11.9. The van der Waals surface area contributed by atoms with Crippen molar-refractivity contribution in [1.82, 2.24) is 0 Å². The fraction of sp³-hybridized carbons (Fsp3) is 0.800. The van der Waals surface area contributed by atoms with Crippen molar-refractivity contribution in [3.05, 3.63) is 23.3 Å². The molecule has 146 valence electrons. The summed E-state index contributed by atoms with van der Waals surface area (Å²) in [5.74, 6) is -1.96. The van der Waals surface area contributed by atoms with Crippen molar-refractivity contribution < 1.29 is 30.6 Å². The zero-order valence-electron chi connectivity index (χ0n) is 15.6. The van der Waals surface area contributed by atoms with Gasteiger partial charge in [0.1, 0.15) is 11.7 Å². The van der Waals surface area contributed by atoms with Crippen LogP contribution in [0, 0.1) is 29.1 Å². The van der Waals surface area contributed by atoms with Gasteiger partial charge in [0.2, 0.25) is 0 Å². The van der Waals surface area contributed by atoms with Gasteiger partial charge in [-0.3, -0.25) is 0 Å². The molecule has 0 aromatic heterocycles. The second-order valence-corrected chi connectivity index (χ2v) is 9.44. The van der Waals surface area contributed by atoms with Crippen molar-refractivity contribution >= 4 is 0 Å². The van der Waals surface area contributed by atoms with Gasteiger partial charge in [0, 0.05) is 29.6 Å². The number of hydrogen-bond acceptors (Lipinski definition) is 6. The fourth-order valence-electron chi connectivity index (χ4n) is 6.62. The first-order chi connectivity index (χ1) is 12.0. The molecular weight excluding hydrogens is 336 g/mol. The van der Waals surface area contributed by atoms with Gasteiger partial charge in [-0.2, -0.15) is 0 Å². The van der Waals surface area contributed by atoms with Gasteiger partial charge in [-0.1, -0.05) is 26.0 Å². The molecule has 2 fully saturated rings. The van der Waals surface area contributed by atoms with Crippen molar-refractivity contribution in [2.45, 2.75) is 56.5 Å². The van der Waals surface area contributed by atoms with Gasteiger partial charge in [-0.05, 0) is 30.4 Å². The van der Waals surface area contributed by atoms with Crippen LogP contribution in [0.2, 0.25) is 0 Å². The van der Waals surface area contributed by atoms with Crippen molar-refractivity contribution in [3.8, 4) is 0 Å². The largest absolute Gasteiger partial charge is 0.396 e. The topological polar surface area (TPSA) is 121 Å². The summed E-state index contributed by atoms with van der Waals surface area (Å²) in [6, 6.07) is 0. The maximum Gasteiger partial charge on any atom is 0.107 e. The Labute approximate surface area is 153 Å². The Morgan fingerprint density at radius 1 is 1.15 bits per heavy atom. The molecule has 0 heterocycles. The smallest absolute Gasteiger partial charge is 0.107 e. The molecule has 6 N–H and O–H groups in total. The number of aliphatic hydroxyl groups is 6. The first-order valence-corrected chi connectivity index (χ1v) is 9.45. The van der Waals surface area contributed by atoms with E-state index >= 15 is 0 Å². The van der Waals surface area contributed by atoms with Crippen LogP contribution in [0.1, 0.15) is 33.6 Å². The Bertz CT molecular complexity index is 702. The van der Waals surface area contributed by atoms with Gasteiger partial charge >= 0.3 is 0 Å². The summed E-state index contributed by atoms with van der Waals surface area (Å²) >= 11 is 0. The summed E-state index contributed by atoms with van der Waals surface area (Å²) < 4.78 is 0. The first kappa shape index (κ1) is 18.6. The molecule has 9 atom stereocenters. The molecule has 4 rings (SSSR count). The first-order valence-electron chi connectivity index (χ1n) is 9.45. The molecular formula is C20H30O6. The standard InChI is InChI=1S/C20H30O6/c1-10-4-14-18(24,16(10)23)7-12(8-21)5-13-15-17(3,9-22)19(15,25)6-11(2)20(13,14)26/h4-5,11,13-16,21-26H,6-9H2,1-3H3/t11-,13+,14-,15-,16-,17-,18-,19+,20-/m1/s1. The lowest BCUT2D eigenvalue weighted by Crippen LogP contribution is -2.61. The molecule has 0 bridgehead atoms. The van der Waals surface area contributed by atoms with Gasteiger partial charge in [0.05, 0.1) is 24.4 Å². The normalized spacial score (nSPS) is 58.1. The number of aliphatic hydroxyl groups excluding tert-OH is 3. The predicted molar refractivity (Wildman–Crippen MR) is 93.8 cm³/mol. The van der Waals surface area contributed by atoms with Crippen molar-refractivity contribution in [1.29, 1.82) is 0 Å². The highest BCUT2D eigenvalue weighted by molar-refractivity contribution is 5.40. The number of rotatable bonds is 2. The number of hydrogen-bond donors (Lipinski definition) is 6. The Morgan fingerprint density at radius 2 is 1.81 bits per heavy atom. The SMILES string of the molecule is CC1=C[C@@H]2[C@](O)(CC(CO)=C[C@H]3[C@@H]4[C@@](C)(CO)[C@]4(O)C[C@@H](C)[C@]23O)[C@@H]1O. The van der Waals surface area contributed by atoms with E-state index in [4.69, 9.17) is 0 Å². The molecule has 0 spiro atoms. The van der Waals surface area contributed by atoms with Crippen LogP contribution in [-0.4, -0.2) is 66.8 Å². The maximum atomic E-state index is 11.9. The van der Waals surface area contributed by atoms with E-state index in [1.54, 1.807) is 19.1 Å². The molecule has 2 saturated carbocycles. The minimum atomic E-state index is -1.59. The van der Waals surface area contributed by atoms with Gasteiger partial charge in [-0.25, -0.2) is 0 Å². The summed E-state index contributed by atoms with van der Waals surface area (Å²) in [5, 5.41) is 64.8. The number of fused-ring (bicyclic) bond motifs is 5. The van der Waals surface area contributed by atoms with E-state index in [0.717, 1.165) is 0 Å². The van der Waals surface area contributed by atoms with E-state index in [0.29, 0.717) is 17.6 Å². The van der Waals surface area contributed by atoms with Crippen LogP contribution in [0.5, 0.6) is 0 Å². The summed E-state index contributed by atoms with van der Waals surface area (Å²) in [6.07, 6.45) is 2.81. The van der Waals surface area contributed by atoms with Crippen LogP contribution in [0.25, 0.3) is 0 Å². The molecule has 6 heteroatoms. The van der Waals surface area contributed by atoms with Crippen LogP contribution in [0.4, 0.5) is 0 Å². The van der Waals surface area contributed by atoms with Crippen molar-refractivity contribution in [3.63, 3.8) is 0 Å². The molecule has 4 aliphatic carbocycles. The Balaban J connectivity index is 1.90. The third kappa shape index (κ3) is 1.83. The molecule has 0 saturated heterocycles. The lowest BCUT2D eigenvalue weighted by atomic mass is 9.60. The zero-order valence-corrected chi connectivity index (χ0v) is 15.6. The van der Waals surface area contributed by atoms with E-state index in [9.17, 15) is 30.6 Å². The molecule has 6 nitrogen and oxygen atoms in total. The quantitative estimate of drug-likeness (QED) is 0.374. The molecule has 0 amide bonds. The zero-order chi connectivity index (χ0) is 19.3. The van der Waals surface area contributed by atoms with Gasteiger partial charge in [0.25, 0.3) is 0 Å². The van der Waals surface area contributed by atoms with E-state index in [1.165, 1.54) is 0 Å². The molecule has 0 aliphatic heterocycles. The van der Waals surface area contributed by atoms with Crippen LogP contribution in [0.15, 0.2) is 23.3 Å². The minimum Gasteiger partial charge on any atom is -0.396 e. The molecule has 0 radical (unpaired) electrons. The fourth-order valence-corrected chi connectivity index (χ4v) is 6.62. The lowest BCUT2D eigenvalue weighted by Gasteiger charge is -2.51.